The minimum atomic E-state index is -0.539. The number of benzene rings is 2. The third kappa shape index (κ3) is 4.90. The summed E-state index contributed by atoms with van der Waals surface area (Å²) in [5, 5.41) is 2.25. The molecule has 2 aromatic rings. The van der Waals surface area contributed by atoms with Gasteiger partial charge in [-0.3, -0.25) is 25.8 Å². The van der Waals surface area contributed by atoms with E-state index in [-0.39, 0.29) is 10.7 Å². The summed E-state index contributed by atoms with van der Waals surface area (Å²) < 4.78 is 23.1. The van der Waals surface area contributed by atoms with Crippen molar-refractivity contribution in [1.29, 1.82) is 0 Å². The van der Waals surface area contributed by atoms with Crippen LogP contribution in [0.2, 0.25) is 0 Å². The number of hydrogen-bond acceptors (Lipinski definition) is 5. The molecule has 3 N–H and O–H groups in total. The fourth-order valence-corrected chi connectivity index (χ4v) is 2.11. The molecule has 0 atom stereocenters. The second kappa shape index (κ2) is 8.77. The number of hydrogen-bond donors (Lipinski definition) is 3. The molecule has 0 aliphatic heterocycles. The molecule has 9 heteroatoms. The number of thiocarbonyl (C=S) groups is 1. The fourth-order valence-electron chi connectivity index (χ4n) is 1.97. The van der Waals surface area contributed by atoms with Crippen molar-refractivity contribution in [3.05, 3.63) is 59.4 Å². The van der Waals surface area contributed by atoms with Crippen LogP contribution in [0.15, 0.2) is 42.5 Å². The number of amides is 2. The van der Waals surface area contributed by atoms with Gasteiger partial charge >= 0.3 is 0 Å². The number of ether oxygens (including phenoxy) is 2. The molecule has 0 saturated heterocycles. The summed E-state index contributed by atoms with van der Waals surface area (Å²) in [5.41, 5.74) is 5.28. The van der Waals surface area contributed by atoms with E-state index in [9.17, 15) is 14.0 Å². The van der Waals surface area contributed by atoms with Gasteiger partial charge in [0.1, 0.15) is 5.82 Å². The standard InChI is InChI=1S/C17H16FN3O4S/c1-24-13-8-5-11(9-14(13)25-2)16(23)20-21-17(26)19-15(22)10-3-6-12(18)7-4-10/h3-9H,1-2H3,(H,20,23)(H2,19,21,22,26). The Labute approximate surface area is 154 Å². The highest BCUT2D eigenvalue weighted by Crippen LogP contribution is 2.27. The molecule has 0 radical (unpaired) electrons. The Morgan fingerprint density at radius 2 is 1.50 bits per heavy atom. The van der Waals surface area contributed by atoms with Gasteiger partial charge in [-0.2, -0.15) is 0 Å². The summed E-state index contributed by atoms with van der Waals surface area (Å²) in [6, 6.07) is 9.57. The van der Waals surface area contributed by atoms with Crippen LogP contribution in [-0.2, 0) is 0 Å². The molecule has 7 nitrogen and oxygen atoms in total. The van der Waals surface area contributed by atoms with E-state index in [1.165, 1.54) is 32.4 Å². The maximum atomic E-state index is 12.9. The average molecular weight is 377 g/mol. The molecular weight excluding hydrogens is 361 g/mol. The Bertz CT molecular complexity index is 827. The minimum Gasteiger partial charge on any atom is -0.493 e. The van der Waals surface area contributed by atoms with E-state index in [0.29, 0.717) is 17.1 Å². The van der Waals surface area contributed by atoms with Crippen molar-refractivity contribution >= 4 is 29.1 Å². The maximum absolute atomic E-state index is 12.9. The highest BCUT2D eigenvalue weighted by atomic mass is 32.1. The minimum absolute atomic E-state index is 0.117. The Kier molecular flexibility index (Phi) is 6.45. The van der Waals surface area contributed by atoms with E-state index in [1.54, 1.807) is 12.1 Å². The number of carbonyl (C=O) groups is 2. The summed E-state index contributed by atoms with van der Waals surface area (Å²) in [4.78, 5) is 24.1. The third-order valence-electron chi connectivity index (χ3n) is 3.27. The van der Waals surface area contributed by atoms with Crippen LogP contribution in [0.5, 0.6) is 11.5 Å². The molecule has 0 spiro atoms. The van der Waals surface area contributed by atoms with Crippen LogP contribution in [0.4, 0.5) is 4.39 Å². The lowest BCUT2D eigenvalue weighted by molar-refractivity contribution is 0.0934. The molecule has 0 unspecified atom stereocenters. The number of nitrogens with one attached hydrogen (secondary N) is 3. The summed E-state index contributed by atoms with van der Waals surface area (Å²) in [7, 11) is 2.94. The van der Waals surface area contributed by atoms with E-state index in [2.05, 4.69) is 16.2 Å². The monoisotopic (exact) mass is 377 g/mol. The Balaban J connectivity index is 1.91. The lowest BCUT2D eigenvalue weighted by Crippen LogP contribution is -2.48. The van der Waals surface area contributed by atoms with E-state index in [1.807, 2.05) is 0 Å². The van der Waals surface area contributed by atoms with Crippen molar-refractivity contribution in [2.24, 2.45) is 0 Å². The second-order valence-electron chi connectivity index (χ2n) is 4.94. The Morgan fingerprint density at radius 1 is 0.885 bits per heavy atom. The van der Waals surface area contributed by atoms with Crippen molar-refractivity contribution < 1.29 is 23.5 Å². The molecule has 0 fully saturated rings. The molecule has 2 aromatic carbocycles. The van der Waals surface area contributed by atoms with Gasteiger partial charge in [-0.05, 0) is 54.7 Å². The van der Waals surface area contributed by atoms with Crippen molar-refractivity contribution in [3.63, 3.8) is 0 Å². The molecule has 0 bridgehead atoms. The highest BCUT2D eigenvalue weighted by molar-refractivity contribution is 7.80. The molecule has 0 saturated carbocycles. The maximum Gasteiger partial charge on any atom is 0.269 e. The number of rotatable bonds is 4. The molecule has 2 rings (SSSR count). The molecule has 136 valence electrons. The van der Waals surface area contributed by atoms with Crippen LogP contribution < -0.4 is 25.6 Å². The zero-order chi connectivity index (χ0) is 19.1. The summed E-state index contributed by atoms with van der Waals surface area (Å²) in [5.74, 6) is -0.608. The van der Waals surface area contributed by atoms with Gasteiger partial charge in [0, 0.05) is 11.1 Å². The molecule has 0 heterocycles. The predicted molar refractivity (Wildman–Crippen MR) is 96.6 cm³/mol. The van der Waals surface area contributed by atoms with E-state index >= 15 is 0 Å². The van der Waals surface area contributed by atoms with Gasteiger partial charge in [0.25, 0.3) is 11.8 Å². The topological polar surface area (TPSA) is 88.7 Å². The van der Waals surface area contributed by atoms with Crippen molar-refractivity contribution in [2.75, 3.05) is 14.2 Å². The zero-order valence-electron chi connectivity index (χ0n) is 14.0. The van der Waals surface area contributed by atoms with Crippen LogP contribution >= 0.6 is 12.2 Å². The average Bonchev–Trinajstić information content (AvgIpc) is 2.65. The summed E-state index contributed by atoms with van der Waals surface area (Å²) in [6.45, 7) is 0. The summed E-state index contributed by atoms with van der Waals surface area (Å²) in [6.07, 6.45) is 0. The van der Waals surface area contributed by atoms with Gasteiger partial charge in [0.15, 0.2) is 16.6 Å². The largest absolute Gasteiger partial charge is 0.493 e. The first-order valence-electron chi connectivity index (χ1n) is 7.34. The molecule has 0 aliphatic carbocycles. The fraction of sp³-hybridized carbons (Fsp3) is 0.118. The van der Waals surface area contributed by atoms with Gasteiger partial charge < -0.3 is 9.47 Å². The normalized spacial score (nSPS) is 9.81. The first-order chi connectivity index (χ1) is 12.4. The smallest absolute Gasteiger partial charge is 0.269 e. The van der Waals surface area contributed by atoms with Crippen molar-refractivity contribution in [2.45, 2.75) is 0 Å². The number of halogens is 1. The van der Waals surface area contributed by atoms with Gasteiger partial charge in [0.2, 0.25) is 0 Å². The van der Waals surface area contributed by atoms with Gasteiger partial charge in [-0.1, -0.05) is 0 Å². The van der Waals surface area contributed by atoms with Crippen LogP contribution in [-0.4, -0.2) is 31.1 Å². The third-order valence-corrected chi connectivity index (χ3v) is 3.47. The van der Waals surface area contributed by atoms with Crippen LogP contribution in [0.1, 0.15) is 20.7 Å². The van der Waals surface area contributed by atoms with E-state index < -0.39 is 17.6 Å². The first-order valence-corrected chi connectivity index (χ1v) is 7.74. The van der Waals surface area contributed by atoms with Gasteiger partial charge in [-0.15, -0.1) is 0 Å². The lowest BCUT2D eigenvalue weighted by atomic mass is 10.2. The van der Waals surface area contributed by atoms with E-state index in [0.717, 1.165) is 12.1 Å². The van der Waals surface area contributed by atoms with Gasteiger partial charge in [-0.25, -0.2) is 4.39 Å². The molecule has 2 amide bonds. The highest BCUT2D eigenvalue weighted by Gasteiger charge is 2.12. The Hall–Kier alpha value is -3.20. The first kappa shape index (κ1) is 19.1. The van der Waals surface area contributed by atoms with Crippen LogP contribution in [0.3, 0.4) is 0 Å². The zero-order valence-corrected chi connectivity index (χ0v) is 14.8. The quantitative estimate of drug-likeness (QED) is 0.556. The molecule has 0 aromatic heterocycles. The SMILES string of the molecule is COc1ccc(C(=O)NNC(=S)NC(=O)c2ccc(F)cc2)cc1OC. The number of carbonyl (C=O) groups excluding carboxylic acids is 2. The number of hydrazine groups is 1. The predicted octanol–water partition coefficient (Wildman–Crippen LogP) is 1.79. The summed E-state index contributed by atoms with van der Waals surface area (Å²) >= 11 is 4.94. The second-order valence-corrected chi connectivity index (χ2v) is 5.35. The van der Waals surface area contributed by atoms with Crippen LogP contribution in [0.25, 0.3) is 0 Å². The van der Waals surface area contributed by atoms with Crippen molar-refractivity contribution in [1.82, 2.24) is 16.2 Å². The Morgan fingerprint density at radius 3 is 2.12 bits per heavy atom. The van der Waals surface area contributed by atoms with Gasteiger partial charge in [0.05, 0.1) is 14.2 Å². The molecular formula is C17H16FN3O4S. The van der Waals surface area contributed by atoms with E-state index in [4.69, 9.17) is 21.7 Å². The van der Waals surface area contributed by atoms with Crippen molar-refractivity contribution in [3.8, 4) is 11.5 Å². The van der Waals surface area contributed by atoms with Crippen LogP contribution in [0, 0.1) is 5.82 Å². The number of methoxy groups -OCH3 is 2. The lowest BCUT2D eigenvalue weighted by Gasteiger charge is -2.12. The molecule has 26 heavy (non-hydrogen) atoms. The molecule has 0 aliphatic rings.